The quantitative estimate of drug-likeness (QED) is 0.932. The van der Waals surface area contributed by atoms with Crippen LogP contribution in [0.15, 0.2) is 12.3 Å². The summed E-state index contributed by atoms with van der Waals surface area (Å²) in [6, 6.07) is 2.18. The van der Waals surface area contributed by atoms with Crippen LogP contribution in [-0.2, 0) is 6.42 Å². The minimum atomic E-state index is -0.0129. The van der Waals surface area contributed by atoms with Gasteiger partial charge in [0.1, 0.15) is 17.2 Å². The summed E-state index contributed by atoms with van der Waals surface area (Å²) in [4.78, 5) is 21.0. The van der Waals surface area contributed by atoms with E-state index in [2.05, 4.69) is 33.7 Å². The molecule has 1 N–H and O–H groups in total. The Kier molecular flexibility index (Phi) is 3.20. The topological polar surface area (TPSA) is 59.8 Å². The molecule has 0 spiro atoms. The zero-order valence-electron chi connectivity index (χ0n) is 12.2. The van der Waals surface area contributed by atoms with Gasteiger partial charge in [-0.05, 0) is 18.4 Å². The SMILES string of the molecule is CCc1ncc2cc3n(c2n1)C(CC(C)C)CNC3=O. The molecule has 20 heavy (non-hydrogen) atoms. The third kappa shape index (κ3) is 2.07. The number of aromatic nitrogens is 3. The first-order chi connectivity index (χ1) is 9.60. The zero-order valence-corrected chi connectivity index (χ0v) is 12.2. The molecular formula is C15H20N4O. The van der Waals surface area contributed by atoms with Crippen molar-refractivity contribution in [2.24, 2.45) is 5.92 Å². The van der Waals surface area contributed by atoms with Gasteiger partial charge in [-0.1, -0.05) is 20.8 Å². The average molecular weight is 272 g/mol. The van der Waals surface area contributed by atoms with Crippen molar-refractivity contribution >= 4 is 16.9 Å². The highest BCUT2D eigenvalue weighted by molar-refractivity contribution is 5.98. The molecule has 3 rings (SSSR count). The molecule has 1 aliphatic heterocycles. The van der Waals surface area contributed by atoms with Crippen LogP contribution < -0.4 is 5.32 Å². The molecule has 106 valence electrons. The number of hydrogen-bond donors (Lipinski definition) is 1. The Morgan fingerprint density at radius 2 is 2.30 bits per heavy atom. The lowest BCUT2D eigenvalue weighted by atomic mass is 10.0. The molecule has 2 aromatic heterocycles. The van der Waals surface area contributed by atoms with Gasteiger partial charge >= 0.3 is 0 Å². The number of carbonyl (C=O) groups excluding carboxylic acids is 1. The van der Waals surface area contributed by atoms with Gasteiger partial charge in [-0.25, -0.2) is 9.97 Å². The first-order valence-electron chi connectivity index (χ1n) is 7.25. The smallest absolute Gasteiger partial charge is 0.268 e. The summed E-state index contributed by atoms with van der Waals surface area (Å²) in [6.45, 7) is 7.13. The summed E-state index contributed by atoms with van der Waals surface area (Å²) in [5.74, 6) is 1.39. The van der Waals surface area contributed by atoms with Crippen molar-refractivity contribution in [3.8, 4) is 0 Å². The summed E-state index contributed by atoms with van der Waals surface area (Å²) in [6.07, 6.45) is 3.66. The van der Waals surface area contributed by atoms with Crippen molar-refractivity contribution in [3.63, 3.8) is 0 Å². The first kappa shape index (κ1) is 13.1. The van der Waals surface area contributed by atoms with E-state index >= 15 is 0 Å². The molecule has 5 heteroatoms. The second-order valence-electron chi connectivity index (χ2n) is 5.81. The van der Waals surface area contributed by atoms with Crippen LogP contribution in [0.3, 0.4) is 0 Å². The molecule has 1 unspecified atom stereocenters. The second-order valence-corrected chi connectivity index (χ2v) is 5.81. The Hall–Kier alpha value is -1.91. The van der Waals surface area contributed by atoms with Gasteiger partial charge in [-0.15, -0.1) is 0 Å². The van der Waals surface area contributed by atoms with E-state index in [4.69, 9.17) is 0 Å². The lowest BCUT2D eigenvalue weighted by Gasteiger charge is -2.28. The molecule has 0 radical (unpaired) electrons. The van der Waals surface area contributed by atoms with Gasteiger partial charge < -0.3 is 9.88 Å². The van der Waals surface area contributed by atoms with Gasteiger partial charge in [0.2, 0.25) is 0 Å². The Labute approximate surface area is 118 Å². The molecule has 1 aliphatic rings. The van der Waals surface area contributed by atoms with Crippen molar-refractivity contribution in [1.29, 1.82) is 0 Å². The molecule has 3 heterocycles. The number of nitrogens with zero attached hydrogens (tertiary/aromatic N) is 3. The molecule has 1 amide bonds. The lowest BCUT2D eigenvalue weighted by Crippen LogP contribution is -2.39. The summed E-state index contributed by atoms with van der Waals surface area (Å²) < 4.78 is 2.11. The summed E-state index contributed by atoms with van der Waals surface area (Å²) >= 11 is 0. The van der Waals surface area contributed by atoms with Crippen molar-refractivity contribution in [3.05, 3.63) is 23.8 Å². The van der Waals surface area contributed by atoms with Crippen molar-refractivity contribution in [2.45, 2.75) is 39.7 Å². The van der Waals surface area contributed by atoms with E-state index in [1.54, 1.807) is 0 Å². The van der Waals surface area contributed by atoms with E-state index < -0.39 is 0 Å². The fourth-order valence-electron chi connectivity index (χ4n) is 2.88. The van der Waals surface area contributed by atoms with E-state index in [0.29, 0.717) is 18.2 Å². The first-order valence-corrected chi connectivity index (χ1v) is 7.25. The van der Waals surface area contributed by atoms with Crippen LogP contribution in [0.25, 0.3) is 11.0 Å². The predicted octanol–water partition coefficient (Wildman–Crippen LogP) is 2.32. The average Bonchev–Trinajstić information content (AvgIpc) is 2.81. The maximum atomic E-state index is 12.1. The highest BCUT2D eigenvalue weighted by Crippen LogP contribution is 2.28. The van der Waals surface area contributed by atoms with E-state index in [0.717, 1.165) is 29.7 Å². The number of aryl methyl sites for hydroxylation is 1. The van der Waals surface area contributed by atoms with Gasteiger partial charge in [-0.2, -0.15) is 0 Å². The predicted molar refractivity (Wildman–Crippen MR) is 77.7 cm³/mol. The molecule has 0 fully saturated rings. The summed E-state index contributed by atoms with van der Waals surface area (Å²) in [5, 5.41) is 3.92. The summed E-state index contributed by atoms with van der Waals surface area (Å²) in [5.41, 5.74) is 1.60. The van der Waals surface area contributed by atoms with E-state index in [9.17, 15) is 4.79 Å². The second kappa shape index (κ2) is 4.89. The summed E-state index contributed by atoms with van der Waals surface area (Å²) in [7, 11) is 0. The van der Waals surface area contributed by atoms with Gasteiger partial charge in [0.25, 0.3) is 5.91 Å². The number of nitrogens with one attached hydrogen (secondary N) is 1. The zero-order chi connectivity index (χ0) is 14.3. The fourth-order valence-corrected chi connectivity index (χ4v) is 2.88. The number of rotatable bonds is 3. The van der Waals surface area contributed by atoms with E-state index in [1.165, 1.54) is 0 Å². The largest absolute Gasteiger partial charge is 0.349 e. The molecule has 0 saturated heterocycles. The standard InChI is InChI=1S/C15H20N4O/c1-4-13-16-7-10-6-12-15(20)17-8-11(5-9(2)3)19(12)14(10)18-13/h6-7,9,11H,4-5,8H2,1-3H3,(H,17,20). The van der Waals surface area contributed by atoms with Crippen LogP contribution in [0.1, 0.15) is 49.5 Å². The van der Waals surface area contributed by atoms with Gasteiger partial charge in [-0.3, -0.25) is 4.79 Å². The van der Waals surface area contributed by atoms with Gasteiger partial charge in [0.15, 0.2) is 0 Å². The van der Waals surface area contributed by atoms with Gasteiger partial charge in [0, 0.05) is 24.5 Å². The maximum absolute atomic E-state index is 12.1. The van der Waals surface area contributed by atoms with E-state index in [1.807, 2.05) is 19.2 Å². The monoisotopic (exact) mass is 272 g/mol. The van der Waals surface area contributed by atoms with E-state index in [-0.39, 0.29) is 11.9 Å². The van der Waals surface area contributed by atoms with Crippen molar-refractivity contribution in [2.75, 3.05) is 6.54 Å². The molecule has 2 aromatic rings. The Morgan fingerprint density at radius 3 is 3.00 bits per heavy atom. The third-order valence-electron chi connectivity index (χ3n) is 3.78. The fraction of sp³-hybridized carbons (Fsp3) is 0.533. The van der Waals surface area contributed by atoms with Crippen LogP contribution in [0.2, 0.25) is 0 Å². The molecule has 0 aromatic carbocycles. The van der Waals surface area contributed by atoms with Crippen molar-refractivity contribution in [1.82, 2.24) is 19.9 Å². The van der Waals surface area contributed by atoms with Crippen LogP contribution in [0.4, 0.5) is 0 Å². The Morgan fingerprint density at radius 1 is 1.50 bits per heavy atom. The number of carbonyl (C=O) groups is 1. The molecule has 0 aliphatic carbocycles. The normalized spacial score (nSPS) is 18.4. The Balaban J connectivity index is 2.18. The Bertz CT molecular complexity index is 659. The van der Waals surface area contributed by atoms with Crippen LogP contribution >= 0.6 is 0 Å². The minimum absolute atomic E-state index is 0.0129. The van der Waals surface area contributed by atoms with Gasteiger partial charge in [0.05, 0.1) is 6.04 Å². The number of fused-ring (bicyclic) bond motifs is 3. The number of amides is 1. The molecule has 1 atom stereocenters. The van der Waals surface area contributed by atoms with Crippen molar-refractivity contribution < 1.29 is 4.79 Å². The molecule has 0 saturated carbocycles. The molecule has 5 nitrogen and oxygen atoms in total. The highest BCUT2D eigenvalue weighted by Gasteiger charge is 2.28. The highest BCUT2D eigenvalue weighted by atomic mass is 16.2. The maximum Gasteiger partial charge on any atom is 0.268 e. The lowest BCUT2D eigenvalue weighted by molar-refractivity contribution is 0.0912. The minimum Gasteiger partial charge on any atom is -0.349 e. The van der Waals surface area contributed by atoms with Crippen LogP contribution in [0.5, 0.6) is 0 Å². The molecule has 0 bridgehead atoms. The molecular weight excluding hydrogens is 252 g/mol. The van der Waals surface area contributed by atoms with Crippen LogP contribution in [0, 0.1) is 5.92 Å². The third-order valence-corrected chi connectivity index (χ3v) is 3.78. The van der Waals surface area contributed by atoms with Crippen LogP contribution in [-0.4, -0.2) is 27.0 Å². The number of hydrogen-bond acceptors (Lipinski definition) is 3.